The first-order valence-corrected chi connectivity index (χ1v) is 8.83. The predicted molar refractivity (Wildman–Crippen MR) is 108 cm³/mol. The van der Waals surface area contributed by atoms with Crippen molar-refractivity contribution in [3.8, 4) is 11.5 Å². The van der Waals surface area contributed by atoms with E-state index in [1.807, 2.05) is 55.5 Å². The lowest BCUT2D eigenvalue weighted by atomic mass is 9.96. The highest BCUT2D eigenvalue weighted by Gasteiger charge is 2.12. The Morgan fingerprint density at radius 3 is 2.15 bits per heavy atom. The summed E-state index contributed by atoms with van der Waals surface area (Å²) in [5, 5.41) is 23.0. The fraction of sp³-hybridized carbons (Fsp3) is 0.130. The van der Waals surface area contributed by atoms with E-state index in [-0.39, 0.29) is 11.5 Å². The summed E-state index contributed by atoms with van der Waals surface area (Å²) in [7, 11) is 0. The Morgan fingerprint density at radius 2 is 1.44 bits per heavy atom. The van der Waals surface area contributed by atoms with Gasteiger partial charge in [-0.05, 0) is 31.9 Å². The lowest BCUT2D eigenvalue weighted by Crippen LogP contribution is -1.97. The van der Waals surface area contributed by atoms with Gasteiger partial charge in [-0.1, -0.05) is 48.6 Å². The molecule has 2 aromatic carbocycles. The molecule has 4 heteroatoms. The highest BCUT2D eigenvalue weighted by atomic mass is 16.3. The molecule has 0 aliphatic carbocycles. The Bertz CT molecular complexity index is 1180. The van der Waals surface area contributed by atoms with E-state index < -0.39 is 0 Å². The van der Waals surface area contributed by atoms with Crippen LogP contribution in [-0.4, -0.2) is 20.2 Å². The monoisotopic (exact) mass is 356 g/mol. The molecule has 0 spiro atoms. The summed E-state index contributed by atoms with van der Waals surface area (Å²) in [5.74, 6) is 0.385. The van der Waals surface area contributed by atoms with Crippen molar-refractivity contribution in [2.24, 2.45) is 0 Å². The van der Waals surface area contributed by atoms with Crippen LogP contribution in [0.25, 0.3) is 21.8 Å². The summed E-state index contributed by atoms with van der Waals surface area (Å²) in [6.07, 6.45) is 2.69. The van der Waals surface area contributed by atoms with Crippen LogP contribution in [0.5, 0.6) is 11.5 Å². The van der Waals surface area contributed by atoms with Crippen molar-refractivity contribution in [1.29, 1.82) is 0 Å². The summed E-state index contributed by atoms with van der Waals surface area (Å²) in [4.78, 5) is 8.71. The molecule has 4 rings (SSSR count). The molecule has 134 valence electrons. The molecule has 0 bridgehead atoms. The van der Waals surface area contributed by atoms with Crippen LogP contribution in [0.1, 0.15) is 16.8 Å². The maximum absolute atomic E-state index is 10.6. The smallest absolute Gasteiger partial charge is 0.145 e. The number of phenolic OH excluding ortho intramolecular Hbond substituents is 2. The lowest BCUT2D eigenvalue weighted by Gasteiger charge is -2.12. The van der Waals surface area contributed by atoms with Crippen molar-refractivity contribution in [3.63, 3.8) is 0 Å². The molecular weight excluding hydrogens is 336 g/mol. The fourth-order valence-electron chi connectivity index (χ4n) is 3.37. The number of aromatic hydroxyl groups is 2. The number of nitrogens with zero attached hydrogens (tertiary/aromatic N) is 2. The summed E-state index contributed by atoms with van der Waals surface area (Å²) in [5.41, 5.74) is 4.52. The van der Waals surface area contributed by atoms with Gasteiger partial charge in [0, 0.05) is 33.8 Å². The van der Waals surface area contributed by atoms with Crippen molar-refractivity contribution >= 4 is 21.8 Å². The van der Waals surface area contributed by atoms with E-state index in [2.05, 4.69) is 16.5 Å². The third-order valence-electron chi connectivity index (χ3n) is 4.77. The first-order chi connectivity index (χ1) is 13.0. The Hall–Kier alpha value is -3.40. The minimum atomic E-state index is 0.189. The van der Waals surface area contributed by atoms with Gasteiger partial charge >= 0.3 is 0 Å². The van der Waals surface area contributed by atoms with Crippen molar-refractivity contribution in [2.45, 2.75) is 19.8 Å². The third-order valence-corrected chi connectivity index (χ3v) is 4.77. The van der Waals surface area contributed by atoms with Crippen LogP contribution >= 0.6 is 0 Å². The van der Waals surface area contributed by atoms with Crippen LogP contribution < -0.4 is 0 Å². The van der Waals surface area contributed by atoms with Gasteiger partial charge in [0.15, 0.2) is 0 Å². The zero-order valence-electron chi connectivity index (χ0n) is 15.1. The van der Waals surface area contributed by atoms with Gasteiger partial charge < -0.3 is 10.2 Å². The largest absolute Gasteiger partial charge is 0.505 e. The number of benzene rings is 2. The Morgan fingerprint density at radius 1 is 0.852 bits per heavy atom. The molecule has 2 heterocycles. The predicted octanol–water partition coefficient (Wildman–Crippen LogP) is 4.84. The molecule has 4 nitrogen and oxygen atoms in total. The average molecular weight is 356 g/mol. The van der Waals surface area contributed by atoms with E-state index in [9.17, 15) is 10.2 Å². The highest BCUT2D eigenvalue weighted by Crippen LogP contribution is 2.32. The summed E-state index contributed by atoms with van der Waals surface area (Å²) >= 11 is 0. The topological polar surface area (TPSA) is 66.2 Å². The number of pyridine rings is 2. The molecule has 0 fully saturated rings. The van der Waals surface area contributed by atoms with Crippen LogP contribution in [-0.2, 0) is 12.8 Å². The van der Waals surface area contributed by atoms with Crippen molar-refractivity contribution in [3.05, 3.63) is 83.7 Å². The van der Waals surface area contributed by atoms with E-state index >= 15 is 0 Å². The van der Waals surface area contributed by atoms with E-state index in [0.717, 1.165) is 33.2 Å². The average Bonchev–Trinajstić information content (AvgIpc) is 2.67. The van der Waals surface area contributed by atoms with Crippen LogP contribution in [0.15, 0.2) is 66.9 Å². The van der Waals surface area contributed by atoms with Crippen LogP contribution in [0, 0.1) is 6.92 Å². The van der Waals surface area contributed by atoms with E-state index in [1.54, 1.807) is 6.20 Å². The molecular formula is C23H20N2O2. The standard InChI is InChI=1S/C23H20N2O2/c1-14(12-18-9-7-16-4-3-11-24-20(16)22(18)26)13-19-10-8-17-6-5-15(2)25-21(17)23(19)27/h3-11,26-27H,1,12-13H2,2H3. The van der Waals surface area contributed by atoms with Crippen LogP contribution in [0.2, 0.25) is 0 Å². The second-order valence-electron chi connectivity index (χ2n) is 6.85. The first kappa shape index (κ1) is 17.0. The van der Waals surface area contributed by atoms with Crippen LogP contribution in [0.3, 0.4) is 0 Å². The van der Waals surface area contributed by atoms with Gasteiger partial charge in [0.1, 0.15) is 22.5 Å². The number of rotatable bonds is 4. The molecule has 0 atom stereocenters. The van der Waals surface area contributed by atoms with Gasteiger partial charge in [-0.2, -0.15) is 0 Å². The van der Waals surface area contributed by atoms with Gasteiger partial charge in [0.05, 0.1) is 0 Å². The van der Waals surface area contributed by atoms with E-state index in [1.165, 1.54) is 0 Å². The second kappa shape index (κ2) is 6.72. The maximum Gasteiger partial charge on any atom is 0.145 e. The zero-order valence-corrected chi connectivity index (χ0v) is 15.1. The number of allylic oxidation sites excluding steroid dienone is 1. The number of aromatic nitrogens is 2. The van der Waals surface area contributed by atoms with E-state index in [0.29, 0.717) is 23.9 Å². The van der Waals surface area contributed by atoms with Gasteiger partial charge in [0.25, 0.3) is 0 Å². The molecule has 0 aliphatic heterocycles. The minimum absolute atomic E-state index is 0.189. The molecule has 0 amide bonds. The maximum atomic E-state index is 10.6. The quantitative estimate of drug-likeness (QED) is 0.513. The zero-order chi connectivity index (χ0) is 19.0. The highest BCUT2D eigenvalue weighted by molar-refractivity contribution is 5.86. The number of aryl methyl sites for hydroxylation is 1. The summed E-state index contributed by atoms with van der Waals surface area (Å²) < 4.78 is 0. The molecule has 0 saturated carbocycles. The van der Waals surface area contributed by atoms with Crippen molar-refractivity contribution in [1.82, 2.24) is 9.97 Å². The molecule has 4 aromatic rings. The number of hydrogen-bond donors (Lipinski definition) is 2. The summed E-state index contributed by atoms with van der Waals surface area (Å²) in [6.45, 7) is 6.05. The van der Waals surface area contributed by atoms with Gasteiger partial charge in [0.2, 0.25) is 0 Å². The van der Waals surface area contributed by atoms with Crippen molar-refractivity contribution in [2.75, 3.05) is 0 Å². The first-order valence-electron chi connectivity index (χ1n) is 8.83. The number of phenols is 2. The van der Waals surface area contributed by atoms with Gasteiger partial charge in [-0.25, -0.2) is 4.98 Å². The lowest BCUT2D eigenvalue weighted by molar-refractivity contribution is 0.472. The molecule has 0 unspecified atom stereocenters. The normalized spacial score (nSPS) is 11.1. The second-order valence-corrected chi connectivity index (χ2v) is 6.85. The molecule has 0 aliphatic rings. The minimum Gasteiger partial charge on any atom is -0.505 e. The molecule has 0 radical (unpaired) electrons. The fourth-order valence-corrected chi connectivity index (χ4v) is 3.37. The molecule has 0 saturated heterocycles. The van der Waals surface area contributed by atoms with Gasteiger partial charge in [-0.3, -0.25) is 4.98 Å². The van der Waals surface area contributed by atoms with Gasteiger partial charge in [-0.15, -0.1) is 0 Å². The van der Waals surface area contributed by atoms with Crippen molar-refractivity contribution < 1.29 is 10.2 Å². The summed E-state index contributed by atoms with van der Waals surface area (Å²) in [6, 6.07) is 15.4. The number of hydrogen-bond acceptors (Lipinski definition) is 4. The Kier molecular flexibility index (Phi) is 4.24. The molecule has 27 heavy (non-hydrogen) atoms. The Balaban J connectivity index is 1.61. The Labute approximate surface area is 157 Å². The molecule has 2 N–H and O–H groups in total. The van der Waals surface area contributed by atoms with Crippen LogP contribution in [0.4, 0.5) is 0 Å². The number of fused-ring (bicyclic) bond motifs is 2. The third kappa shape index (κ3) is 3.22. The molecule has 2 aromatic heterocycles. The van der Waals surface area contributed by atoms with E-state index in [4.69, 9.17) is 0 Å². The SMILES string of the molecule is C=C(Cc1ccc2cccnc2c1O)Cc1ccc2ccc(C)nc2c1O.